The summed E-state index contributed by atoms with van der Waals surface area (Å²) in [5, 5.41) is 4.22. The van der Waals surface area contributed by atoms with Gasteiger partial charge in [0.05, 0.1) is 12.5 Å². The monoisotopic (exact) mass is 364 g/mol. The van der Waals surface area contributed by atoms with Crippen molar-refractivity contribution in [3.05, 3.63) is 47.7 Å². The second kappa shape index (κ2) is 6.98. The number of piperidine rings is 1. The van der Waals surface area contributed by atoms with Crippen LogP contribution in [0.15, 0.2) is 30.7 Å². The molecule has 1 amide bonds. The number of anilines is 1. The van der Waals surface area contributed by atoms with Gasteiger partial charge in [-0.15, -0.1) is 0 Å². The number of hydrogen-bond donors (Lipinski definition) is 1. The van der Waals surface area contributed by atoms with Crippen molar-refractivity contribution in [2.24, 2.45) is 7.05 Å². The number of carbonyl (C=O) groups is 1. The maximum absolute atomic E-state index is 12.5. The highest BCUT2D eigenvalue weighted by molar-refractivity contribution is 5.92. The highest BCUT2D eigenvalue weighted by Crippen LogP contribution is 2.23. The Balaban J connectivity index is 1.52. The van der Waals surface area contributed by atoms with Crippen molar-refractivity contribution in [1.29, 1.82) is 0 Å². The van der Waals surface area contributed by atoms with Crippen LogP contribution in [0.25, 0.3) is 11.0 Å². The van der Waals surface area contributed by atoms with Crippen LogP contribution in [-0.4, -0.2) is 44.6 Å². The number of amides is 1. The van der Waals surface area contributed by atoms with Gasteiger partial charge in [0.2, 0.25) is 0 Å². The fourth-order valence-corrected chi connectivity index (χ4v) is 3.74. The van der Waals surface area contributed by atoms with E-state index in [0.717, 1.165) is 48.5 Å². The number of fused-ring (bicyclic) bond motifs is 1. The molecule has 0 spiro atoms. The number of aryl methyl sites for hydroxylation is 3. The highest BCUT2D eigenvalue weighted by Gasteiger charge is 2.24. The van der Waals surface area contributed by atoms with Crippen molar-refractivity contribution < 1.29 is 4.79 Å². The van der Waals surface area contributed by atoms with Gasteiger partial charge in [-0.05, 0) is 50.5 Å². The minimum Gasteiger partial charge on any atom is -0.354 e. The smallest absolute Gasteiger partial charge is 0.269 e. The molecule has 1 atom stereocenters. The number of pyridine rings is 2. The Labute approximate surface area is 158 Å². The lowest BCUT2D eigenvalue weighted by Crippen LogP contribution is -2.48. The van der Waals surface area contributed by atoms with E-state index >= 15 is 0 Å². The van der Waals surface area contributed by atoms with Gasteiger partial charge in [-0.3, -0.25) is 4.79 Å². The zero-order valence-electron chi connectivity index (χ0n) is 15.9. The van der Waals surface area contributed by atoms with E-state index in [1.165, 1.54) is 5.56 Å². The number of nitrogens with one attached hydrogen (secondary N) is 1. The Hall–Kier alpha value is -2.96. The van der Waals surface area contributed by atoms with Crippen LogP contribution in [0.2, 0.25) is 0 Å². The summed E-state index contributed by atoms with van der Waals surface area (Å²) in [6.07, 6.45) is 5.20. The maximum Gasteiger partial charge on any atom is 0.269 e. The zero-order chi connectivity index (χ0) is 19.0. The van der Waals surface area contributed by atoms with Crippen LogP contribution in [0.3, 0.4) is 0 Å². The summed E-state index contributed by atoms with van der Waals surface area (Å²) in [6, 6.07) is 6.31. The summed E-state index contributed by atoms with van der Waals surface area (Å²) in [7, 11) is 1.82. The lowest BCUT2D eigenvalue weighted by atomic mass is 10.1. The third-order valence-corrected chi connectivity index (χ3v) is 5.12. The molecule has 4 heterocycles. The van der Waals surface area contributed by atoms with Gasteiger partial charge in [0.25, 0.3) is 5.91 Å². The topological polar surface area (TPSA) is 75.9 Å². The second-order valence-electron chi connectivity index (χ2n) is 7.27. The number of imidazole rings is 1. The maximum atomic E-state index is 12.5. The molecule has 0 aromatic carbocycles. The number of nitrogens with zero attached hydrogens (tertiary/aromatic N) is 5. The summed E-state index contributed by atoms with van der Waals surface area (Å²) in [4.78, 5) is 28.1. The lowest BCUT2D eigenvalue weighted by molar-refractivity contribution is 0.0925. The molecule has 7 heteroatoms. The number of aromatic nitrogens is 4. The van der Waals surface area contributed by atoms with E-state index in [4.69, 9.17) is 4.98 Å². The van der Waals surface area contributed by atoms with Gasteiger partial charge in [0, 0.05) is 37.3 Å². The van der Waals surface area contributed by atoms with Crippen molar-refractivity contribution in [1.82, 2.24) is 24.8 Å². The van der Waals surface area contributed by atoms with E-state index in [1.807, 2.05) is 14.0 Å². The molecule has 3 aromatic heterocycles. The van der Waals surface area contributed by atoms with Crippen molar-refractivity contribution >= 4 is 22.8 Å². The Morgan fingerprint density at radius 3 is 2.89 bits per heavy atom. The van der Waals surface area contributed by atoms with E-state index in [0.29, 0.717) is 5.69 Å². The standard InChI is InChI=1S/C20H24N6O/c1-13-9-14(2)22-19-16(13)6-7-18(24-19)26-8-4-5-15(11-26)23-20(27)17-10-21-12-25(17)3/h6-7,9-10,12,15H,4-5,8,11H2,1-3H3,(H,23,27). The summed E-state index contributed by atoms with van der Waals surface area (Å²) >= 11 is 0. The number of hydrogen-bond acceptors (Lipinski definition) is 5. The third kappa shape index (κ3) is 3.49. The molecule has 0 saturated carbocycles. The summed E-state index contributed by atoms with van der Waals surface area (Å²) in [6.45, 7) is 5.75. The van der Waals surface area contributed by atoms with Crippen LogP contribution in [0.5, 0.6) is 0 Å². The average Bonchev–Trinajstić information content (AvgIpc) is 3.07. The highest BCUT2D eigenvalue weighted by atomic mass is 16.2. The first-order valence-corrected chi connectivity index (χ1v) is 9.28. The largest absolute Gasteiger partial charge is 0.354 e. The Bertz CT molecular complexity index is 995. The van der Waals surface area contributed by atoms with E-state index in [2.05, 4.69) is 45.3 Å². The van der Waals surface area contributed by atoms with Crippen LogP contribution in [0.4, 0.5) is 5.82 Å². The molecule has 1 saturated heterocycles. The van der Waals surface area contributed by atoms with Gasteiger partial charge in [0.15, 0.2) is 5.65 Å². The molecule has 27 heavy (non-hydrogen) atoms. The van der Waals surface area contributed by atoms with Gasteiger partial charge < -0.3 is 14.8 Å². The van der Waals surface area contributed by atoms with Crippen molar-refractivity contribution in [2.75, 3.05) is 18.0 Å². The molecular formula is C20H24N6O. The Kier molecular flexibility index (Phi) is 4.51. The minimum absolute atomic E-state index is 0.0822. The Morgan fingerprint density at radius 1 is 1.26 bits per heavy atom. The summed E-state index contributed by atoms with van der Waals surface area (Å²) < 4.78 is 1.73. The van der Waals surface area contributed by atoms with E-state index in [-0.39, 0.29) is 11.9 Å². The molecule has 140 valence electrons. The normalized spacial score (nSPS) is 17.3. The molecule has 3 aromatic rings. The van der Waals surface area contributed by atoms with Crippen molar-refractivity contribution in [3.63, 3.8) is 0 Å². The fraction of sp³-hybridized carbons (Fsp3) is 0.400. The van der Waals surface area contributed by atoms with Gasteiger partial charge in [-0.2, -0.15) is 0 Å². The predicted molar refractivity (Wildman–Crippen MR) is 105 cm³/mol. The van der Waals surface area contributed by atoms with Gasteiger partial charge in [-0.1, -0.05) is 0 Å². The molecule has 1 N–H and O–H groups in total. The van der Waals surface area contributed by atoms with Gasteiger partial charge in [-0.25, -0.2) is 15.0 Å². The molecule has 0 aliphatic carbocycles. The first-order chi connectivity index (χ1) is 13.0. The minimum atomic E-state index is -0.0822. The van der Waals surface area contributed by atoms with Crippen LogP contribution in [0, 0.1) is 13.8 Å². The van der Waals surface area contributed by atoms with Crippen LogP contribution in [0.1, 0.15) is 34.6 Å². The number of carbonyl (C=O) groups excluding carboxylic acids is 1. The Morgan fingerprint density at radius 2 is 2.11 bits per heavy atom. The molecule has 1 unspecified atom stereocenters. The first kappa shape index (κ1) is 17.5. The molecular weight excluding hydrogens is 340 g/mol. The lowest BCUT2D eigenvalue weighted by Gasteiger charge is -2.34. The molecule has 0 bridgehead atoms. The second-order valence-corrected chi connectivity index (χ2v) is 7.27. The molecule has 1 aliphatic rings. The SMILES string of the molecule is Cc1cc(C)c2ccc(N3CCCC(NC(=O)c4cncn4C)C3)nc2n1. The van der Waals surface area contributed by atoms with Crippen LogP contribution < -0.4 is 10.2 Å². The van der Waals surface area contributed by atoms with Crippen LogP contribution >= 0.6 is 0 Å². The van der Waals surface area contributed by atoms with Crippen molar-refractivity contribution in [3.8, 4) is 0 Å². The predicted octanol–water partition coefficient (Wildman–Crippen LogP) is 2.38. The van der Waals surface area contributed by atoms with Gasteiger partial charge in [0.1, 0.15) is 11.5 Å². The molecule has 4 rings (SSSR count). The zero-order valence-corrected chi connectivity index (χ0v) is 15.9. The van der Waals surface area contributed by atoms with E-state index in [1.54, 1.807) is 17.1 Å². The molecule has 7 nitrogen and oxygen atoms in total. The van der Waals surface area contributed by atoms with E-state index < -0.39 is 0 Å². The molecule has 1 fully saturated rings. The number of rotatable bonds is 3. The molecule has 1 aliphatic heterocycles. The van der Waals surface area contributed by atoms with Crippen LogP contribution in [-0.2, 0) is 7.05 Å². The third-order valence-electron chi connectivity index (χ3n) is 5.12. The molecule has 0 radical (unpaired) electrons. The average molecular weight is 364 g/mol. The fourth-order valence-electron chi connectivity index (χ4n) is 3.74. The quantitative estimate of drug-likeness (QED) is 0.772. The van der Waals surface area contributed by atoms with Crippen molar-refractivity contribution in [2.45, 2.75) is 32.7 Å². The summed E-state index contributed by atoms with van der Waals surface area (Å²) in [5.74, 6) is 0.834. The van der Waals surface area contributed by atoms with Gasteiger partial charge >= 0.3 is 0 Å². The first-order valence-electron chi connectivity index (χ1n) is 9.28. The summed E-state index contributed by atoms with van der Waals surface area (Å²) in [5.41, 5.74) is 3.53. The van der Waals surface area contributed by atoms with E-state index in [9.17, 15) is 4.79 Å².